The van der Waals surface area contributed by atoms with Gasteiger partial charge in [0.15, 0.2) is 0 Å². The third-order valence-electron chi connectivity index (χ3n) is 3.92. The molecule has 5 nitrogen and oxygen atoms in total. The van der Waals surface area contributed by atoms with Gasteiger partial charge in [-0.05, 0) is 62.9 Å². The third-order valence-corrected chi connectivity index (χ3v) is 5.35. The molecule has 4 N–H and O–H groups in total. The lowest BCUT2D eigenvalue weighted by Crippen LogP contribution is -2.29. The molecule has 1 aromatic carbocycles. The molecule has 0 aromatic heterocycles. The van der Waals surface area contributed by atoms with E-state index in [1.807, 2.05) is 0 Å². The van der Waals surface area contributed by atoms with Crippen LogP contribution in [0.1, 0.15) is 25.7 Å². The fourth-order valence-corrected chi connectivity index (χ4v) is 3.25. The van der Waals surface area contributed by atoms with Gasteiger partial charge in [-0.15, -0.1) is 0 Å². The van der Waals surface area contributed by atoms with Gasteiger partial charge in [-0.2, -0.15) is 0 Å². The third kappa shape index (κ3) is 3.94. The molecule has 0 bridgehead atoms. The lowest BCUT2D eigenvalue weighted by molar-refractivity contribution is 0.339. The summed E-state index contributed by atoms with van der Waals surface area (Å²) in [4.78, 5) is 0.286. The van der Waals surface area contributed by atoms with Gasteiger partial charge < -0.3 is 11.1 Å². The normalized spacial score (nSPS) is 23.5. The number of rotatable bonds is 5. The zero-order valence-electron chi connectivity index (χ0n) is 11.8. The van der Waals surface area contributed by atoms with Crippen molar-refractivity contribution < 1.29 is 8.42 Å². The number of nitrogens with two attached hydrogens (primary N) is 1. The predicted octanol–water partition coefficient (Wildman–Crippen LogP) is 1.52. The lowest BCUT2D eigenvalue weighted by Gasteiger charge is -2.26. The fourth-order valence-electron chi connectivity index (χ4n) is 2.52. The highest BCUT2D eigenvalue weighted by Crippen LogP contribution is 2.23. The minimum Gasteiger partial charge on any atom is -0.385 e. The second kappa shape index (κ2) is 6.56. The highest BCUT2D eigenvalue weighted by atomic mass is 32.2. The molecular formula is C14H23N3O2S. The molecular weight excluding hydrogens is 274 g/mol. The zero-order valence-corrected chi connectivity index (χ0v) is 12.6. The van der Waals surface area contributed by atoms with Crippen LogP contribution in [0.4, 0.5) is 5.69 Å². The van der Waals surface area contributed by atoms with Crippen LogP contribution in [-0.4, -0.2) is 28.1 Å². The maximum Gasteiger partial charge on any atom is 0.240 e. The van der Waals surface area contributed by atoms with Crippen molar-refractivity contribution in [2.24, 2.45) is 11.7 Å². The molecule has 0 atom stereocenters. The Morgan fingerprint density at radius 3 is 2.30 bits per heavy atom. The molecule has 1 saturated carbocycles. The molecule has 112 valence electrons. The van der Waals surface area contributed by atoms with E-state index in [0.717, 1.165) is 25.1 Å². The van der Waals surface area contributed by atoms with Gasteiger partial charge in [0.25, 0.3) is 0 Å². The van der Waals surface area contributed by atoms with Gasteiger partial charge in [-0.1, -0.05) is 0 Å². The van der Waals surface area contributed by atoms with E-state index < -0.39 is 10.0 Å². The Kier molecular flexibility index (Phi) is 5.01. The van der Waals surface area contributed by atoms with Crippen molar-refractivity contribution in [1.82, 2.24) is 4.72 Å². The number of hydrogen-bond acceptors (Lipinski definition) is 4. The van der Waals surface area contributed by atoms with Gasteiger partial charge in [-0.25, -0.2) is 13.1 Å². The number of hydrogen-bond donors (Lipinski definition) is 3. The van der Waals surface area contributed by atoms with Crippen LogP contribution in [0.25, 0.3) is 0 Å². The summed E-state index contributed by atoms with van der Waals surface area (Å²) in [5, 5.41) is 3.37. The number of benzene rings is 1. The first-order chi connectivity index (χ1) is 9.51. The smallest absolute Gasteiger partial charge is 0.240 e. The van der Waals surface area contributed by atoms with Crippen molar-refractivity contribution in [3.05, 3.63) is 24.3 Å². The summed E-state index contributed by atoms with van der Waals surface area (Å²) >= 11 is 0. The van der Waals surface area contributed by atoms with Gasteiger partial charge in [0.2, 0.25) is 10.0 Å². The van der Waals surface area contributed by atoms with E-state index in [1.54, 1.807) is 24.3 Å². The lowest BCUT2D eigenvalue weighted by atomic mass is 9.86. The molecule has 0 spiro atoms. The molecule has 1 fully saturated rings. The zero-order chi connectivity index (χ0) is 14.6. The molecule has 1 aliphatic rings. The quantitative estimate of drug-likeness (QED) is 0.769. The minimum atomic E-state index is -3.35. The van der Waals surface area contributed by atoms with Gasteiger partial charge in [0.05, 0.1) is 4.90 Å². The van der Waals surface area contributed by atoms with E-state index in [1.165, 1.54) is 19.9 Å². The maximum atomic E-state index is 11.6. The minimum absolute atomic E-state index is 0.286. The first-order valence-electron chi connectivity index (χ1n) is 7.04. The maximum absolute atomic E-state index is 11.6. The van der Waals surface area contributed by atoms with Crippen molar-refractivity contribution in [1.29, 1.82) is 0 Å². The van der Waals surface area contributed by atoms with Crippen LogP contribution < -0.4 is 15.8 Å². The van der Waals surface area contributed by atoms with E-state index in [4.69, 9.17) is 5.73 Å². The van der Waals surface area contributed by atoms with Crippen LogP contribution in [0.5, 0.6) is 0 Å². The van der Waals surface area contributed by atoms with Gasteiger partial charge in [0, 0.05) is 18.3 Å². The van der Waals surface area contributed by atoms with E-state index in [9.17, 15) is 8.42 Å². The second-order valence-electron chi connectivity index (χ2n) is 5.39. The summed E-state index contributed by atoms with van der Waals surface area (Å²) in [6, 6.07) is 7.21. The predicted molar refractivity (Wildman–Crippen MR) is 81.1 cm³/mol. The Morgan fingerprint density at radius 1 is 1.15 bits per heavy atom. The SMILES string of the molecule is CNS(=O)(=O)c1ccc(NCC2CCC(N)CC2)cc1. The topological polar surface area (TPSA) is 84.2 Å². The first kappa shape index (κ1) is 15.3. The van der Waals surface area contributed by atoms with Crippen LogP contribution in [0.15, 0.2) is 29.2 Å². The Bertz CT molecular complexity index is 520. The summed E-state index contributed by atoms with van der Waals surface area (Å²) in [5.74, 6) is 0.663. The standard InChI is InChI=1S/C14H23N3O2S/c1-16-20(18,19)14-8-6-13(7-9-14)17-10-11-2-4-12(15)5-3-11/h6-9,11-12,16-17H,2-5,10,15H2,1H3. The molecule has 6 heteroatoms. The largest absolute Gasteiger partial charge is 0.385 e. The average Bonchev–Trinajstić information content (AvgIpc) is 2.47. The summed E-state index contributed by atoms with van der Waals surface area (Å²) < 4.78 is 25.5. The van der Waals surface area contributed by atoms with Crippen molar-refractivity contribution in [2.75, 3.05) is 18.9 Å². The van der Waals surface area contributed by atoms with Crippen LogP contribution in [0.2, 0.25) is 0 Å². The first-order valence-corrected chi connectivity index (χ1v) is 8.52. The van der Waals surface area contributed by atoms with Crippen LogP contribution in [-0.2, 0) is 10.0 Å². The average molecular weight is 297 g/mol. The molecule has 1 aromatic rings. The van der Waals surface area contributed by atoms with Crippen LogP contribution in [0.3, 0.4) is 0 Å². The molecule has 2 rings (SSSR count). The highest BCUT2D eigenvalue weighted by Gasteiger charge is 2.18. The van der Waals surface area contributed by atoms with Gasteiger partial charge in [0.1, 0.15) is 0 Å². The van der Waals surface area contributed by atoms with E-state index in [-0.39, 0.29) is 4.90 Å². The summed E-state index contributed by atoms with van der Waals surface area (Å²) in [6.45, 7) is 0.921. The van der Waals surface area contributed by atoms with Crippen LogP contribution in [0, 0.1) is 5.92 Å². The summed E-state index contributed by atoms with van der Waals surface area (Å²) in [5.41, 5.74) is 6.85. The Balaban J connectivity index is 1.88. The molecule has 0 saturated heterocycles. The molecule has 0 aliphatic heterocycles. The molecule has 0 unspecified atom stereocenters. The van der Waals surface area contributed by atoms with Gasteiger partial charge >= 0.3 is 0 Å². The van der Waals surface area contributed by atoms with Crippen molar-refractivity contribution in [3.63, 3.8) is 0 Å². The Labute approximate surface area is 121 Å². The van der Waals surface area contributed by atoms with Crippen LogP contribution >= 0.6 is 0 Å². The summed E-state index contributed by atoms with van der Waals surface area (Å²) in [6.07, 6.45) is 4.54. The highest BCUT2D eigenvalue weighted by molar-refractivity contribution is 7.89. The number of nitrogens with one attached hydrogen (secondary N) is 2. The van der Waals surface area contributed by atoms with E-state index in [0.29, 0.717) is 12.0 Å². The Hall–Kier alpha value is -1.11. The molecule has 1 aliphatic carbocycles. The molecule has 0 radical (unpaired) electrons. The van der Waals surface area contributed by atoms with Crippen molar-refractivity contribution in [3.8, 4) is 0 Å². The fraction of sp³-hybridized carbons (Fsp3) is 0.571. The Morgan fingerprint density at radius 2 is 1.75 bits per heavy atom. The number of sulfonamides is 1. The van der Waals surface area contributed by atoms with Crippen molar-refractivity contribution >= 4 is 15.7 Å². The second-order valence-corrected chi connectivity index (χ2v) is 7.28. The van der Waals surface area contributed by atoms with E-state index >= 15 is 0 Å². The molecule has 0 amide bonds. The molecule has 0 heterocycles. The summed E-state index contributed by atoms with van der Waals surface area (Å²) in [7, 11) is -1.94. The van der Waals surface area contributed by atoms with Gasteiger partial charge in [-0.3, -0.25) is 0 Å². The molecule has 20 heavy (non-hydrogen) atoms. The van der Waals surface area contributed by atoms with E-state index in [2.05, 4.69) is 10.0 Å². The number of anilines is 1. The monoisotopic (exact) mass is 297 g/mol. The van der Waals surface area contributed by atoms with Crippen molar-refractivity contribution in [2.45, 2.75) is 36.6 Å².